The van der Waals surface area contributed by atoms with Gasteiger partial charge in [-0.1, -0.05) is 54.1 Å². The van der Waals surface area contributed by atoms with Crippen molar-refractivity contribution in [1.29, 1.82) is 0 Å². The minimum absolute atomic E-state index is 0.0539. The smallest absolute Gasteiger partial charge is 0.160 e. The fourth-order valence-electron chi connectivity index (χ4n) is 3.54. The number of halogens is 1. The molecule has 2 aromatic carbocycles. The van der Waals surface area contributed by atoms with Crippen LogP contribution in [0.4, 0.5) is 0 Å². The third-order valence-electron chi connectivity index (χ3n) is 5.11. The van der Waals surface area contributed by atoms with Crippen LogP contribution in [0.1, 0.15) is 47.7 Å². The first-order chi connectivity index (χ1) is 13.6. The summed E-state index contributed by atoms with van der Waals surface area (Å²) in [5.74, 6) is 0.608. The van der Waals surface area contributed by atoms with Crippen molar-refractivity contribution in [1.82, 2.24) is 5.32 Å². The van der Waals surface area contributed by atoms with Gasteiger partial charge in [0.2, 0.25) is 0 Å². The van der Waals surface area contributed by atoms with Crippen molar-refractivity contribution in [3.05, 3.63) is 82.5 Å². The fraction of sp³-hybridized carbons (Fsp3) is 0.333. The Morgan fingerprint density at radius 1 is 1.11 bits per heavy atom. The lowest BCUT2D eigenvalue weighted by molar-refractivity contribution is 0.101. The number of rotatable bonds is 6. The van der Waals surface area contributed by atoms with Gasteiger partial charge in [0.25, 0.3) is 0 Å². The molecule has 0 aliphatic carbocycles. The topological polar surface area (TPSA) is 41.5 Å². The van der Waals surface area contributed by atoms with Gasteiger partial charge in [0, 0.05) is 28.8 Å². The molecule has 1 aliphatic rings. The van der Waals surface area contributed by atoms with Gasteiger partial charge in [0.1, 0.15) is 0 Å². The summed E-state index contributed by atoms with van der Waals surface area (Å²) >= 11 is 6.02. The molecular weight excluding hydrogens is 368 g/mol. The number of ketones is 1. The van der Waals surface area contributed by atoms with Crippen LogP contribution in [0.5, 0.6) is 0 Å². The minimum Gasteiger partial charge on any atom is -0.317 e. The maximum atomic E-state index is 12.1. The molecule has 4 heteroatoms. The van der Waals surface area contributed by atoms with Crippen molar-refractivity contribution >= 4 is 23.1 Å². The maximum absolute atomic E-state index is 12.1. The number of Topliss-reactive ketones (excluding diaryl/α,β-unsaturated/α-hetero) is 1. The molecule has 0 spiro atoms. The molecule has 28 heavy (non-hydrogen) atoms. The Bertz CT molecular complexity index is 847. The Balaban J connectivity index is 1.89. The molecule has 2 aromatic rings. The lowest BCUT2D eigenvalue weighted by atomic mass is 9.96. The van der Waals surface area contributed by atoms with Gasteiger partial charge in [-0.05, 0) is 62.9 Å². The summed E-state index contributed by atoms with van der Waals surface area (Å²) in [7, 11) is 0. The first kappa shape index (κ1) is 20.5. The molecule has 146 valence electrons. The third-order valence-corrected chi connectivity index (χ3v) is 5.36. The molecule has 0 saturated carbocycles. The van der Waals surface area contributed by atoms with E-state index in [1.165, 1.54) is 12.8 Å². The van der Waals surface area contributed by atoms with E-state index in [1.54, 1.807) is 6.92 Å². The lowest BCUT2D eigenvalue weighted by Crippen LogP contribution is -2.13. The molecule has 1 heterocycles. The molecule has 3 rings (SSSR count). The van der Waals surface area contributed by atoms with Crippen LogP contribution in [0, 0.1) is 5.92 Å². The number of hydrogen-bond donors (Lipinski definition) is 1. The highest BCUT2D eigenvalue weighted by Gasteiger charge is 2.13. The molecule has 1 atom stereocenters. The van der Waals surface area contributed by atoms with E-state index in [0.717, 1.165) is 36.3 Å². The van der Waals surface area contributed by atoms with Gasteiger partial charge < -0.3 is 5.32 Å². The predicted octanol–water partition coefficient (Wildman–Crippen LogP) is 5.48. The highest BCUT2D eigenvalue weighted by atomic mass is 35.5. The average Bonchev–Trinajstić information content (AvgIpc) is 2.97. The summed E-state index contributed by atoms with van der Waals surface area (Å²) in [5.41, 5.74) is 3.63. The van der Waals surface area contributed by atoms with Crippen molar-refractivity contribution in [3.8, 4) is 0 Å². The predicted molar refractivity (Wildman–Crippen MR) is 117 cm³/mol. The number of carbonyl (C=O) groups excluding carboxylic acids is 1. The average molecular weight is 395 g/mol. The van der Waals surface area contributed by atoms with Crippen molar-refractivity contribution < 1.29 is 4.79 Å². The van der Waals surface area contributed by atoms with Crippen molar-refractivity contribution in [2.75, 3.05) is 13.1 Å². The fourth-order valence-corrected chi connectivity index (χ4v) is 3.67. The molecule has 1 aliphatic heterocycles. The molecular formula is C24H27ClN2O. The number of allylic oxidation sites excluding steroid dienone is 1. The van der Waals surface area contributed by atoms with E-state index in [-0.39, 0.29) is 5.78 Å². The molecule has 0 bridgehead atoms. The van der Waals surface area contributed by atoms with E-state index in [4.69, 9.17) is 16.6 Å². The number of nitrogens with one attached hydrogen (secondary N) is 1. The summed E-state index contributed by atoms with van der Waals surface area (Å²) in [5, 5.41) is 4.16. The monoisotopic (exact) mass is 394 g/mol. The standard InChI is InChI=1S/C24H27ClN2O/c1-18(28)22-6-2-3-7-23(22)24(17-20-8-10-21(25)11-9-20)27-16-13-19-5-4-14-26-15-12-19/h2-3,6-11,13,16,19,26H,4-5,12,14-15,17H2,1H3/b16-13-,27-24?. The van der Waals surface area contributed by atoms with Gasteiger partial charge in [0.05, 0.1) is 5.71 Å². The molecule has 1 unspecified atom stereocenters. The van der Waals surface area contributed by atoms with Gasteiger partial charge >= 0.3 is 0 Å². The number of hydrogen-bond acceptors (Lipinski definition) is 3. The van der Waals surface area contributed by atoms with Gasteiger partial charge in [-0.3, -0.25) is 9.79 Å². The van der Waals surface area contributed by atoms with Crippen LogP contribution < -0.4 is 5.32 Å². The van der Waals surface area contributed by atoms with Crippen LogP contribution in [-0.2, 0) is 6.42 Å². The maximum Gasteiger partial charge on any atom is 0.160 e. The van der Waals surface area contributed by atoms with Crippen molar-refractivity contribution in [2.45, 2.75) is 32.6 Å². The van der Waals surface area contributed by atoms with Crippen LogP contribution in [0.15, 0.2) is 65.8 Å². The number of nitrogens with zero attached hydrogens (tertiary/aromatic N) is 1. The van der Waals surface area contributed by atoms with Gasteiger partial charge in [0.15, 0.2) is 5.78 Å². The molecule has 0 radical (unpaired) electrons. The Morgan fingerprint density at radius 3 is 2.61 bits per heavy atom. The zero-order valence-electron chi connectivity index (χ0n) is 16.3. The Labute approximate surface area is 172 Å². The van der Waals surface area contributed by atoms with Crippen LogP contribution in [0.2, 0.25) is 5.02 Å². The minimum atomic E-state index is 0.0539. The summed E-state index contributed by atoms with van der Waals surface area (Å²) in [6.07, 6.45) is 8.32. The second-order valence-corrected chi connectivity index (χ2v) is 7.70. The lowest BCUT2D eigenvalue weighted by Gasteiger charge is -2.11. The largest absolute Gasteiger partial charge is 0.317 e. The van der Waals surface area contributed by atoms with Gasteiger partial charge in [-0.25, -0.2) is 0 Å². The highest BCUT2D eigenvalue weighted by molar-refractivity contribution is 6.30. The summed E-state index contributed by atoms with van der Waals surface area (Å²) in [6, 6.07) is 15.5. The Kier molecular flexibility index (Phi) is 7.58. The molecule has 1 fully saturated rings. The van der Waals surface area contributed by atoms with Crippen LogP contribution >= 0.6 is 11.6 Å². The van der Waals surface area contributed by atoms with E-state index in [1.807, 2.05) is 54.7 Å². The summed E-state index contributed by atoms with van der Waals surface area (Å²) < 4.78 is 0. The second kappa shape index (κ2) is 10.4. The highest BCUT2D eigenvalue weighted by Crippen LogP contribution is 2.18. The number of aliphatic imine (C=N–C) groups is 1. The molecule has 1 N–H and O–H groups in total. The summed E-state index contributed by atoms with van der Waals surface area (Å²) in [4.78, 5) is 16.9. The molecule has 3 nitrogen and oxygen atoms in total. The quantitative estimate of drug-likeness (QED) is 0.520. The zero-order chi connectivity index (χ0) is 19.8. The third kappa shape index (κ3) is 5.88. The van der Waals surface area contributed by atoms with E-state index in [9.17, 15) is 4.79 Å². The van der Waals surface area contributed by atoms with Crippen LogP contribution in [0.25, 0.3) is 0 Å². The normalized spacial score (nSPS) is 18.2. The van der Waals surface area contributed by atoms with E-state index < -0.39 is 0 Å². The number of benzene rings is 2. The molecule has 0 amide bonds. The number of carbonyl (C=O) groups is 1. The zero-order valence-corrected chi connectivity index (χ0v) is 17.1. The first-order valence-electron chi connectivity index (χ1n) is 9.92. The van der Waals surface area contributed by atoms with Crippen molar-refractivity contribution in [2.24, 2.45) is 10.9 Å². The Morgan fingerprint density at radius 2 is 1.86 bits per heavy atom. The van der Waals surface area contributed by atoms with Crippen LogP contribution in [0.3, 0.4) is 0 Å². The second-order valence-electron chi connectivity index (χ2n) is 7.26. The van der Waals surface area contributed by atoms with E-state index >= 15 is 0 Å². The van der Waals surface area contributed by atoms with Crippen molar-refractivity contribution in [3.63, 3.8) is 0 Å². The van der Waals surface area contributed by atoms with Gasteiger partial charge in [-0.2, -0.15) is 0 Å². The Hall–Kier alpha value is -2.23. The van der Waals surface area contributed by atoms with E-state index in [2.05, 4.69) is 11.4 Å². The molecule has 1 saturated heterocycles. The van der Waals surface area contributed by atoms with E-state index in [0.29, 0.717) is 22.9 Å². The summed E-state index contributed by atoms with van der Waals surface area (Å²) in [6.45, 7) is 3.76. The first-order valence-corrected chi connectivity index (χ1v) is 10.3. The van der Waals surface area contributed by atoms with Gasteiger partial charge in [-0.15, -0.1) is 0 Å². The van der Waals surface area contributed by atoms with Crippen LogP contribution in [-0.4, -0.2) is 24.6 Å². The molecule has 0 aromatic heterocycles. The SMILES string of the molecule is CC(=O)c1ccccc1C(Cc1ccc(Cl)cc1)=N/C=C\C1CCCNCC1.